The van der Waals surface area contributed by atoms with E-state index in [0.717, 1.165) is 47.5 Å². The van der Waals surface area contributed by atoms with E-state index in [0.29, 0.717) is 11.5 Å². The van der Waals surface area contributed by atoms with Gasteiger partial charge in [0.15, 0.2) is 0 Å². The zero-order chi connectivity index (χ0) is 16.4. The molecule has 0 aliphatic carbocycles. The molecule has 2 aromatic rings. The number of nitrogens with zero attached hydrogens (tertiary/aromatic N) is 3. The van der Waals surface area contributed by atoms with E-state index >= 15 is 0 Å². The average Bonchev–Trinajstić information content (AvgIpc) is 2.92. The summed E-state index contributed by atoms with van der Waals surface area (Å²) in [7, 11) is 0. The van der Waals surface area contributed by atoms with Gasteiger partial charge in [-0.2, -0.15) is 0 Å². The number of carbonyl (C=O) groups is 1. The van der Waals surface area contributed by atoms with Crippen molar-refractivity contribution in [1.29, 1.82) is 0 Å². The fraction of sp³-hybridized carbons (Fsp3) is 0.562. The van der Waals surface area contributed by atoms with Gasteiger partial charge in [-0.15, -0.1) is 11.3 Å². The molecule has 2 aromatic heterocycles. The molecule has 1 aliphatic heterocycles. The first-order valence-electron chi connectivity index (χ1n) is 7.92. The SMILES string of the molecule is CCOC(=O)c1sc2ncnc(N3CCC[C@@H](CO)C3)c2c1C. The molecule has 0 aromatic carbocycles. The van der Waals surface area contributed by atoms with Crippen molar-refractivity contribution in [3.05, 3.63) is 16.8 Å². The van der Waals surface area contributed by atoms with Crippen molar-refractivity contribution in [3.63, 3.8) is 0 Å². The standard InChI is InChI=1S/C16H21N3O3S/c1-3-22-16(21)13-10(2)12-14(17-9-18-15(12)23-13)19-6-4-5-11(7-19)8-20/h9,11,20H,3-8H2,1-2H3/t11-/m1/s1. The Kier molecular flexibility index (Phi) is 4.77. The lowest BCUT2D eigenvalue weighted by Gasteiger charge is -2.33. The van der Waals surface area contributed by atoms with Crippen molar-refractivity contribution in [3.8, 4) is 0 Å². The average molecular weight is 335 g/mol. The number of aryl methyl sites for hydroxylation is 1. The van der Waals surface area contributed by atoms with Crippen LogP contribution in [0, 0.1) is 12.8 Å². The van der Waals surface area contributed by atoms with Crippen LogP contribution >= 0.6 is 11.3 Å². The quantitative estimate of drug-likeness (QED) is 0.865. The maximum atomic E-state index is 12.1. The van der Waals surface area contributed by atoms with Gasteiger partial charge in [-0.25, -0.2) is 14.8 Å². The van der Waals surface area contributed by atoms with Gasteiger partial charge in [-0.1, -0.05) is 0 Å². The maximum absolute atomic E-state index is 12.1. The third-order valence-corrected chi connectivity index (χ3v) is 5.42. The van der Waals surface area contributed by atoms with E-state index in [1.165, 1.54) is 11.3 Å². The monoisotopic (exact) mass is 335 g/mol. The highest BCUT2D eigenvalue weighted by atomic mass is 32.1. The van der Waals surface area contributed by atoms with E-state index in [1.807, 2.05) is 6.92 Å². The molecule has 1 fully saturated rings. The summed E-state index contributed by atoms with van der Waals surface area (Å²) in [4.78, 5) is 24.5. The predicted molar refractivity (Wildman–Crippen MR) is 90.1 cm³/mol. The van der Waals surface area contributed by atoms with Crippen molar-refractivity contribution in [2.24, 2.45) is 5.92 Å². The van der Waals surface area contributed by atoms with Gasteiger partial charge in [-0.05, 0) is 38.2 Å². The van der Waals surface area contributed by atoms with Gasteiger partial charge in [-0.3, -0.25) is 0 Å². The molecule has 124 valence electrons. The van der Waals surface area contributed by atoms with Crippen molar-refractivity contribution in [2.45, 2.75) is 26.7 Å². The lowest BCUT2D eigenvalue weighted by atomic mass is 9.99. The van der Waals surface area contributed by atoms with E-state index in [2.05, 4.69) is 14.9 Å². The first-order valence-corrected chi connectivity index (χ1v) is 8.74. The molecule has 1 atom stereocenters. The Labute approximate surface area is 139 Å². The summed E-state index contributed by atoms with van der Waals surface area (Å²) >= 11 is 1.35. The second-order valence-electron chi connectivity index (χ2n) is 5.79. The molecule has 0 saturated carbocycles. The lowest BCUT2D eigenvalue weighted by molar-refractivity contribution is 0.0531. The van der Waals surface area contributed by atoms with Gasteiger partial charge in [0.05, 0.1) is 12.0 Å². The van der Waals surface area contributed by atoms with Crippen LogP contribution in [0.1, 0.15) is 35.0 Å². The van der Waals surface area contributed by atoms with Gasteiger partial charge in [0.1, 0.15) is 21.9 Å². The van der Waals surface area contributed by atoms with E-state index in [4.69, 9.17) is 4.74 Å². The summed E-state index contributed by atoms with van der Waals surface area (Å²) in [6, 6.07) is 0. The zero-order valence-electron chi connectivity index (χ0n) is 13.4. The number of aliphatic hydroxyl groups is 1. The Morgan fingerprint density at radius 3 is 3.09 bits per heavy atom. The minimum absolute atomic E-state index is 0.196. The molecule has 0 radical (unpaired) electrons. The molecule has 6 nitrogen and oxygen atoms in total. The third kappa shape index (κ3) is 3.03. The maximum Gasteiger partial charge on any atom is 0.348 e. The van der Waals surface area contributed by atoms with E-state index in [9.17, 15) is 9.90 Å². The number of hydrogen-bond acceptors (Lipinski definition) is 7. The van der Waals surface area contributed by atoms with Crippen molar-refractivity contribution < 1.29 is 14.6 Å². The van der Waals surface area contributed by atoms with Crippen LogP contribution in [0.15, 0.2) is 6.33 Å². The van der Waals surface area contributed by atoms with Crippen LogP contribution in [0.4, 0.5) is 5.82 Å². The van der Waals surface area contributed by atoms with Gasteiger partial charge in [0, 0.05) is 19.7 Å². The number of fused-ring (bicyclic) bond motifs is 1. The number of piperidine rings is 1. The molecule has 7 heteroatoms. The molecule has 1 aliphatic rings. The highest BCUT2D eigenvalue weighted by Crippen LogP contribution is 2.36. The largest absolute Gasteiger partial charge is 0.462 e. The molecule has 23 heavy (non-hydrogen) atoms. The Bertz CT molecular complexity index is 716. The number of carbonyl (C=O) groups excluding carboxylic acids is 1. The minimum Gasteiger partial charge on any atom is -0.462 e. The predicted octanol–water partition coefficient (Wildman–Crippen LogP) is 2.39. The molecular weight excluding hydrogens is 314 g/mol. The highest BCUT2D eigenvalue weighted by molar-refractivity contribution is 7.20. The number of esters is 1. The molecule has 1 N–H and O–H groups in total. The van der Waals surface area contributed by atoms with Gasteiger partial charge < -0.3 is 14.7 Å². The summed E-state index contributed by atoms with van der Waals surface area (Å²) < 4.78 is 5.13. The number of rotatable bonds is 4. The van der Waals surface area contributed by atoms with Gasteiger partial charge >= 0.3 is 5.97 Å². The number of ether oxygens (including phenoxy) is 1. The molecular formula is C16H21N3O3S. The second-order valence-corrected chi connectivity index (χ2v) is 6.79. The number of thiophene rings is 1. The van der Waals surface area contributed by atoms with E-state index in [1.54, 1.807) is 13.3 Å². The van der Waals surface area contributed by atoms with Crippen LogP contribution in [-0.4, -0.2) is 47.3 Å². The summed E-state index contributed by atoms with van der Waals surface area (Å²) in [6.07, 6.45) is 3.62. The number of aromatic nitrogens is 2. The number of aliphatic hydroxyl groups excluding tert-OH is 1. The van der Waals surface area contributed by atoms with Crippen molar-refractivity contribution in [2.75, 3.05) is 31.2 Å². The van der Waals surface area contributed by atoms with Crippen LogP contribution in [0.2, 0.25) is 0 Å². The Morgan fingerprint density at radius 2 is 2.35 bits per heavy atom. The van der Waals surface area contributed by atoms with Crippen molar-refractivity contribution >= 4 is 33.3 Å². The second kappa shape index (κ2) is 6.80. The van der Waals surface area contributed by atoms with Gasteiger partial charge in [0.2, 0.25) is 0 Å². The third-order valence-electron chi connectivity index (χ3n) is 4.24. The smallest absolute Gasteiger partial charge is 0.348 e. The fourth-order valence-electron chi connectivity index (χ4n) is 3.09. The summed E-state index contributed by atoms with van der Waals surface area (Å²) in [6.45, 7) is 5.97. The van der Waals surface area contributed by atoms with Crippen LogP contribution in [0.5, 0.6) is 0 Å². The molecule has 0 bridgehead atoms. The van der Waals surface area contributed by atoms with Crippen LogP contribution in [0.25, 0.3) is 10.2 Å². The minimum atomic E-state index is -0.300. The van der Waals surface area contributed by atoms with Crippen LogP contribution in [-0.2, 0) is 4.74 Å². The van der Waals surface area contributed by atoms with Crippen LogP contribution in [0.3, 0.4) is 0 Å². The first-order chi connectivity index (χ1) is 11.2. The molecule has 0 unspecified atom stereocenters. The van der Waals surface area contributed by atoms with Crippen molar-refractivity contribution in [1.82, 2.24) is 9.97 Å². The Balaban J connectivity index is 2.02. The Hall–Kier alpha value is -1.73. The molecule has 0 spiro atoms. The molecule has 3 rings (SSSR count). The van der Waals surface area contributed by atoms with E-state index in [-0.39, 0.29) is 18.5 Å². The zero-order valence-corrected chi connectivity index (χ0v) is 14.2. The molecule has 1 saturated heterocycles. The fourth-order valence-corrected chi connectivity index (χ4v) is 4.13. The summed E-state index contributed by atoms with van der Waals surface area (Å²) in [5, 5.41) is 10.4. The molecule has 3 heterocycles. The van der Waals surface area contributed by atoms with Crippen LogP contribution < -0.4 is 4.90 Å². The van der Waals surface area contributed by atoms with E-state index < -0.39 is 0 Å². The topological polar surface area (TPSA) is 75.5 Å². The number of hydrogen-bond donors (Lipinski definition) is 1. The van der Waals surface area contributed by atoms with Gasteiger partial charge in [0.25, 0.3) is 0 Å². The lowest BCUT2D eigenvalue weighted by Crippen LogP contribution is -2.37. The first kappa shape index (κ1) is 16.1. The summed E-state index contributed by atoms with van der Waals surface area (Å²) in [5.41, 5.74) is 0.880. The number of anilines is 1. The highest BCUT2D eigenvalue weighted by Gasteiger charge is 2.25. The summed E-state index contributed by atoms with van der Waals surface area (Å²) in [5.74, 6) is 0.834. The normalized spacial score (nSPS) is 18.4. The Morgan fingerprint density at radius 1 is 1.52 bits per heavy atom. The molecule has 0 amide bonds.